The van der Waals surface area contributed by atoms with Crippen LogP contribution in [0.3, 0.4) is 0 Å². The van der Waals surface area contributed by atoms with Crippen molar-refractivity contribution in [2.24, 2.45) is 0 Å². The molecule has 9 nitrogen and oxygen atoms in total. The van der Waals surface area contributed by atoms with Gasteiger partial charge in [0.15, 0.2) is 6.29 Å². The molecule has 0 spiro atoms. The second-order valence-electron chi connectivity index (χ2n) is 13.0. The van der Waals surface area contributed by atoms with E-state index in [9.17, 15) is 25.2 Å². The van der Waals surface area contributed by atoms with E-state index in [0.29, 0.717) is 13.0 Å². The van der Waals surface area contributed by atoms with Gasteiger partial charge in [-0.2, -0.15) is 0 Å². The molecule has 1 saturated heterocycles. The summed E-state index contributed by atoms with van der Waals surface area (Å²) in [4.78, 5) is 12.6. The van der Waals surface area contributed by atoms with Crippen molar-refractivity contribution in [2.45, 2.75) is 192 Å². The molecule has 0 amide bonds. The first kappa shape index (κ1) is 43.0. The SMILES string of the molecule is CCCCCCCC/C=C\CCCCCCCCCC(=O)OC(COCCCCCCCC)COC1OC(CO)C(O)C(O)C1O. The lowest BCUT2D eigenvalue weighted by atomic mass is 9.99. The van der Waals surface area contributed by atoms with Gasteiger partial charge in [0, 0.05) is 13.0 Å². The summed E-state index contributed by atoms with van der Waals surface area (Å²) in [6.07, 6.45) is 22.5. The highest BCUT2D eigenvalue weighted by Gasteiger charge is 2.44. The minimum absolute atomic E-state index is 0.112. The number of allylic oxidation sites excluding steroid dienone is 2. The summed E-state index contributed by atoms with van der Waals surface area (Å²) in [6.45, 7) is 4.49. The lowest BCUT2D eigenvalue weighted by Crippen LogP contribution is -2.59. The van der Waals surface area contributed by atoms with Crippen molar-refractivity contribution in [1.82, 2.24) is 0 Å². The Labute approximate surface area is 280 Å². The monoisotopic (exact) mass is 659 g/mol. The van der Waals surface area contributed by atoms with E-state index in [4.69, 9.17) is 18.9 Å². The molecule has 0 aromatic carbocycles. The summed E-state index contributed by atoms with van der Waals surface area (Å²) in [6, 6.07) is 0. The van der Waals surface area contributed by atoms with E-state index in [1.54, 1.807) is 0 Å². The molecular formula is C37H70O9. The van der Waals surface area contributed by atoms with Crippen molar-refractivity contribution >= 4 is 5.97 Å². The minimum atomic E-state index is -1.53. The molecule has 272 valence electrons. The van der Waals surface area contributed by atoms with E-state index >= 15 is 0 Å². The third kappa shape index (κ3) is 21.7. The Hall–Kier alpha value is -1.07. The van der Waals surface area contributed by atoms with Crippen LogP contribution >= 0.6 is 0 Å². The molecule has 1 fully saturated rings. The Kier molecular flexibility index (Phi) is 28.0. The highest BCUT2D eigenvalue weighted by molar-refractivity contribution is 5.69. The smallest absolute Gasteiger partial charge is 0.306 e. The van der Waals surface area contributed by atoms with Gasteiger partial charge in [0.1, 0.15) is 30.5 Å². The molecule has 1 heterocycles. The summed E-state index contributed by atoms with van der Waals surface area (Å²) in [5.41, 5.74) is 0. The van der Waals surface area contributed by atoms with Crippen LogP contribution < -0.4 is 0 Å². The highest BCUT2D eigenvalue weighted by atomic mass is 16.7. The minimum Gasteiger partial charge on any atom is -0.457 e. The molecule has 1 rings (SSSR count). The van der Waals surface area contributed by atoms with Crippen molar-refractivity contribution in [3.05, 3.63) is 12.2 Å². The maximum Gasteiger partial charge on any atom is 0.306 e. The first-order valence-electron chi connectivity index (χ1n) is 18.8. The topological polar surface area (TPSA) is 135 Å². The zero-order valence-corrected chi connectivity index (χ0v) is 29.3. The predicted octanol–water partition coefficient (Wildman–Crippen LogP) is 6.91. The fourth-order valence-corrected chi connectivity index (χ4v) is 5.66. The van der Waals surface area contributed by atoms with Crippen LogP contribution in [0.25, 0.3) is 0 Å². The fraction of sp³-hybridized carbons (Fsp3) is 0.919. The Balaban J connectivity index is 2.26. The van der Waals surface area contributed by atoms with Crippen molar-refractivity contribution in [1.29, 1.82) is 0 Å². The average Bonchev–Trinajstić information content (AvgIpc) is 3.05. The normalized spacial score (nSPS) is 22.4. The van der Waals surface area contributed by atoms with E-state index < -0.39 is 43.4 Å². The van der Waals surface area contributed by atoms with E-state index in [2.05, 4.69) is 26.0 Å². The van der Waals surface area contributed by atoms with Gasteiger partial charge in [-0.05, 0) is 38.5 Å². The number of aliphatic hydroxyl groups is 4. The van der Waals surface area contributed by atoms with Gasteiger partial charge in [-0.3, -0.25) is 4.79 Å². The van der Waals surface area contributed by atoms with Crippen LogP contribution in [-0.2, 0) is 23.7 Å². The van der Waals surface area contributed by atoms with E-state index in [1.165, 1.54) is 103 Å². The molecule has 0 aromatic heterocycles. The van der Waals surface area contributed by atoms with E-state index in [1.807, 2.05) is 0 Å². The van der Waals surface area contributed by atoms with Crippen LogP contribution in [0.1, 0.15) is 155 Å². The number of esters is 1. The summed E-state index contributed by atoms with van der Waals surface area (Å²) >= 11 is 0. The summed E-state index contributed by atoms with van der Waals surface area (Å²) in [5.74, 6) is -0.321. The van der Waals surface area contributed by atoms with Crippen LogP contribution in [0.2, 0.25) is 0 Å². The Bertz CT molecular complexity index is 717. The first-order chi connectivity index (χ1) is 22.4. The Morgan fingerprint density at radius 3 is 1.76 bits per heavy atom. The molecule has 0 bridgehead atoms. The molecule has 0 radical (unpaired) electrons. The predicted molar refractivity (Wildman–Crippen MR) is 182 cm³/mol. The third-order valence-corrected chi connectivity index (χ3v) is 8.68. The first-order valence-corrected chi connectivity index (χ1v) is 18.8. The number of carbonyl (C=O) groups is 1. The van der Waals surface area contributed by atoms with Crippen molar-refractivity contribution < 1.29 is 44.2 Å². The van der Waals surface area contributed by atoms with Crippen molar-refractivity contribution in [3.63, 3.8) is 0 Å². The zero-order valence-electron chi connectivity index (χ0n) is 29.3. The maximum absolute atomic E-state index is 12.6. The van der Waals surface area contributed by atoms with Crippen LogP contribution in [0.15, 0.2) is 12.2 Å². The van der Waals surface area contributed by atoms with E-state index in [0.717, 1.165) is 32.1 Å². The van der Waals surface area contributed by atoms with Gasteiger partial charge < -0.3 is 39.4 Å². The van der Waals surface area contributed by atoms with Crippen LogP contribution in [0, 0.1) is 0 Å². The number of aliphatic hydroxyl groups excluding tert-OH is 4. The van der Waals surface area contributed by atoms with Gasteiger partial charge in [-0.15, -0.1) is 0 Å². The van der Waals surface area contributed by atoms with Crippen molar-refractivity contribution in [2.75, 3.05) is 26.4 Å². The van der Waals surface area contributed by atoms with Crippen LogP contribution in [0.4, 0.5) is 0 Å². The molecule has 0 aromatic rings. The van der Waals surface area contributed by atoms with Crippen LogP contribution in [-0.4, -0.2) is 89.6 Å². The fourth-order valence-electron chi connectivity index (χ4n) is 5.66. The third-order valence-electron chi connectivity index (χ3n) is 8.68. The van der Waals surface area contributed by atoms with E-state index in [-0.39, 0.29) is 19.2 Å². The lowest BCUT2D eigenvalue weighted by Gasteiger charge is -2.39. The number of carbonyl (C=O) groups excluding carboxylic acids is 1. The number of hydrogen-bond acceptors (Lipinski definition) is 9. The van der Waals surface area contributed by atoms with Gasteiger partial charge in [-0.1, -0.05) is 122 Å². The molecule has 9 heteroatoms. The molecule has 1 aliphatic heterocycles. The zero-order chi connectivity index (χ0) is 33.7. The number of hydrogen-bond donors (Lipinski definition) is 4. The van der Waals surface area contributed by atoms with Gasteiger partial charge >= 0.3 is 5.97 Å². The van der Waals surface area contributed by atoms with Gasteiger partial charge in [0.2, 0.25) is 0 Å². The maximum atomic E-state index is 12.6. The standard InChI is InChI=1S/C37H70O9/c1-3-5-7-9-11-12-13-14-15-16-17-18-19-20-21-22-24-26-33(39)45-31(29-43-27-25-23-10-8-6-4-2)30-44-37-36(42)35(41)34(40)32(28-38)46-37/h14-15,31-32,34-38,40-42H,3-13,16-30H2,1-2H3/b15-14-. The number of rotatable bonds is 31. The second kappa shape index (κ2) is 30.0. The van der Waals surface area contributed by atoms with Gasteiger partial charge in [-0.25, -0.2) is 0 Å². The Morgan fingerprint density at radius 2 is 1.20 bits per heavy atom. The number of ether oxygens (including phenoxy) is 4. The Morgan fingerprint density at radius 1 is 0.674 bits per heavy atom. The molecule has 46 heavy (non-hydrogen) atoms. The summed E-state index contributed by atoms with van der Waals surface area (Å²) in [5, 5.41) is 39.8. The number of unbranched alkanes of at least 4 members (excludes halogenated alkanes) is 18. The van der Waals surface area contributed by atoms with Gasteiger partial charge in [0.05, 0.1) is 19.8 Å². The molecule has 1 aliphatic rings. The largest absolute Gasteiger partial charge is 0.457 e. The molecule has 6 unspecified atom stereocenters. The molecule has 0 saturated carbocycles. The van der Waals surface area contributed by atoms with Crippen LogP contribution in [0.5, 0.6) is 0 Å². The van der Waals surface area contributed by atoms with Gasteiger partial charge in [0.25, 0.3) is 0 Å². The summed E-state index contributed by atoms with van der Waals surface area (Å²) in [7, 11) is 0. The average molecular weight is 659 g/mol. The molecule has 6 atom stereocenters. The molecule has 0 aliphatic carbocycles. The summed E-state index contributed by atoms with van der Waals surface area (Å²) < 4.78 is 22.5. The lowest BCUT2D eigenvalue weighted by molar-refractivity contribution is -0.305. The van der Waals surface area contributed by atoms with Crippen molar-refractivity contribution in [3.8, 4) is 0 Å². The second-order valence-corrected chi connectivity index (χ2v) is 13.0. The highest BCUT2D eigenvalue weighted by Crippen LogP contribution is 2.22. The molecule has 4 N–H and O–H groups in total. The quantitative estimate of drug-likeness (QED) is 0.0356. The molecular weight excluding hydrogens is 588 g/mol.